The lowest BCUT2D eigenvalue weighted by atomic mass is 10.0. The molecule has 0 saturated heterocycles. The second-order valence-corrected chi connectivity index (χ2v) is 6.11. The summed E-state index contributed by atoms with van der Waals surface area (Å²) in [6, 6.07) is 18.2. The van der Waals surface area contributed by atoms with Crippen molar-refractivity contribution in [2.45, 2.75) is 13.1 Å². The first kappa shape index (κ1) is 16.3. The zero-order valence-corrected chi connectivity index (χ0v) is 13.8. The summed E-state index contributed by atoms with van der Waals surface area (Å²) in [5.41, 5.74) is 2.41. The van der Waals surface area contributed by atoms with Gasteiger partial charge in [0.05, 0.1) is 11.4 Å². The molecule has 0 radical (unpaired) electrons. The van der Waals surface area contributed by atoms with Gasteiger partial charge in [-0.25, -0.2) is 4.98 Å². The molecule has 0 aliphatic heterocycles. The number of aromatic amines is 1. The van der Waals surface area contributed by atoms with Crippen LogP contribution in [0.1, 0.15) is 11.3 Å². The number of fused-ring (bicyclic) bond motifs is 1. The van der Waals surface area contributed by atoms with Gasteiger partial charge in [-0.15, -0.1) is 0 Å². The van der Waals surface area contributed by atoms with Crippen molar-refractivity contribution in [1.82, 2.24) is 15.2 Å². The molecule has 0 aliphatic carbocycles. The highest BCUT2D eigenvalue weighted by atomic mass is 19.4. The Morgan fingerprint density at radius 1 is 0.885 bits per heavy atom. The predicted octanol–water partition coefficient (Wildman–Crippen LogP) is 5.62. The number of H-pyrrole nitrogens is 1. The third-order valence-electron chi connectivity index (χ3n) is 4.21. The summed E-state index contributed by atoms with van der Waals surface area (Å²) in [5.74, 6) is 0. The Balaban J connectivity index is 1.93. The summed E-state index contributed by atoms with van der Waals surface area (Å²) < 4.78 is 38.8. The molecule has 0 atom stereocenters. The second-order valence-electron chi connectivity index (χ2n) is 6.11. The number of benzene rings is 2. The molecule has 0 unspecified atom stereocenters. The van der Waals surface area contributed by atoms with Crippen molar-refractivity contribution in [3.05, 3.63) is 71.9 Å². The number of hydrogen-bond donors (Lipinski definition) is 1. The van der Waals surface area contributed by atoms with E-state index in [0.717, 1.165) is 28.0 Å². The summed E-state index contributed by atoms with van der Waals surface area (Å²) in [6.07, 6.45) is -4.48. The summed E-state index contributed by atoms with van der Waals surface area (Å²) in [6.45, 7) is 1.99. The minimum Gasteiger partial charge on any atom is -0.273 e. The molecule has 6 heteroatoms. The van der Waals surface area contributed by atoms with E-state index < -0.39 is 11.9 Å². The molecular weight excluding hydrogens is 339 g/mol. The number of hydrogen-bond acceptors (Lipinski definition) is 2. The zero-order valence-electron chi connectivity index (χ0n) is 13.8. The van der Waals surface area contributed by atoms with Gasteiger partial charge < -0.3 is 0 Å². The van der Waals surface area contributed by atoms with E-state index in [1.807, 2.05) is 61.5 Å². The van der Waals surface area contributed by atoms with Crippen LogP contribution in [0.5, 0.6) is 0 Å². The lowest BCUT2D eigenvalue weighted by molar-refractivity contribution is -0.141. The van der Waals surface area contributed by atoms with Crippen molar-refractivity contribution in [2.75, 3.05) is 0 Å². The van der Waals surface area contributed by atoms with E-state index in [-0.39, 0.29) is 5.69 Å². The van der Waals surface area contributed by atoms with Crippen molar-refractivity contribution < 1.29 is 13.2 Å². The van der Waals surface area contributed by atoms with Gasteiger partial charge in [-0.3, -0.25) is 5.10 Å². The topological polar surface area (TPSA) is 41.6 Å². The van der Waals surface area contributed by atoms with Crippen LogP contribution in [0, 0.1) is 6.92 Å². The van der Waals surface area contributed by atoms with Gasteiger partial charge in [0.15, 0.2) is 0 Å². The number of nitrogens with zero attached hydrogens (tertiary/aromatic N) is 2. The molecule has 2 aromatic heterocycles. The molecule has 2 aromatic carbocycles. The van der Waals surface area contributed by atoms with Gasteiger partial charge in [0.25, 0.3) is 0 Å². The summed E-state index contributed by atoms with van der Waals surface area (Å²) in [5, 5.41) is 7.55. The van der Waals surface area contributed by atoms with Gasteiger partial charge >= 0.3 is 6.18 Å². The van der Waals surface area contributed by atoms with Crippen molar-refractivity contribution >= 4 is 10.8 Å². The molecule has 26 heavy (non-hydrogen) atoms. The van der Waals surface area contributed by atoms with Crippen LogP contribution >= 0.6 is 0 Å². The van der Waals surface area contributed by atoms with Crippen LogP contribution in [0.3, 0.4) is 0 Å². The van der Waals surface area contributed by atoms with Crippen molar-refractivity contribution in [3.8, 4) is 22.6 Å². The molecule has 4 rings (SSSR count). The molecule has 0 fully saturated rings. The number of halogens is 3. The third kappa shape index (κ3) is 2.94. The first-order chi connectivity index (χ1) is 12.4. The van der Waals surface area contributed by atoms with E-state index in [4.69, 9.17) is 0 Å². The summed E-state index contributed by atoms with van der Waals surface area (Å²) in [7, 11) is 0. The first-order valence-corrected chi connectivity index (χ1v) is 8.01. The second kappa shape index (κ2) is 5.98. The number of aryl methyl sites for hydroxylation is 1. The lowest BCUT2D eigenvalue weighted by Crippen LogP contribution is -2.04. The lowest BCUT2D eigenvalue weighted by Gasteiger charge is -2.08. The molecule has 0 spiro atoms. The van der Waals surface area contributed by atoms with Crippen molar-refractivity contribution in [3.63, 3.8) is 0 Å². The molecule has 0 bridgehead atoms. The van der Waals surface area contributed by atoms with E-state index in [1.54, 1.807) is 0 Å². The number of rotatable bonds is 2. The van der Waals surface area contributed by atoms with Crippen LogP contribution in [-0.4, -0.2) is 15.2 Å². The maximum absolute atomic E-state index is 12.9. The highest BCUT2D eigenvalue weighted by Crippen LogP contribution is 2.34. The Morgan fingerprint density at radius 3 is 2.31 bits per heavy atom. The summed E-state index contributed by atoms with van der Waals surface area (Å²) >= 11 is 0. The minimum absolute atomic E-state index is 0.169. The largest absolute Gasteiger partial charge is 0.432 e. The Morgan fingerprint density at radius 2 is 1.62 bits per heavy atom. The van der Waals surface area contributed by atoms with Crippen molar-refractivity contribution in [1.29, 1.82) is 0 Å². The van der Waals surface area contributed by atoms with E-state index in [0.29, 0.717) is 11.4 Å². The van der Waals surface area contributed by atoms with Crippen LogP contribution in [0.15, 0.2) is 60.7 Å². The molecule has 4 aromatic rings. The maximum atomic E-state index is 12.9. The van der Waals surface area contributed by atoms with E-state index in [1.165, 1.54) is 0 Å². The predicted molar refractivity (Wildman–Crippen MR) is 94.5 cm³/mol. The molecule has 0 amide bonds. The van der Waals surface area contributed by atoms with Gasteiger partial charge in [0, 0.05) is 10.9 Å². The molecule has 3 nitrogen and oxygen atoms in total. The van der Waals surface area contributed by atoms with Gasteiger partial charge in [-0.2, -0.15) is 18.3 Å². The fourth-order valence-corrected chi connectivity index (χ4v) is 2.85. The standard InChI is InChI=1S/C20H14F3N3/c1-12-6-8-13(9-7-12)16-10-14-4-2-3-5-15(14)19(24-16)17-11-18(26-25-17)20(21,22)23/h2-11H,1H3,(H,25,26). The van der Waals surface area contributed by atoms with Crippen LogP contribution in [0.4, 0.5) is 13.2 Å². The van der Waals surface area contributed by atoms with Gasteiger partial charge in [0.1, 0.15) is 11.4 Å². The monoisotopic (exact) mass is 353 g/mol. The Bertz CT molecular complexity index is 1080. The van der Waals surface area contributed by atoms with Crippen molar-refractivity contribution in [2.24, 2.45) is 0 Å². The average molecular weight is 353 g/mol. The smallest absolute Gasteiger partial charge is 0.273 e. The fourth-order valence-electron chi connectivity index (χ4n) is 2.85. The van der Waals surface area contributed by atoms with Crippen LogP contribution in [0.2, 0.25) is 0 Å². The summed E-state index contributed by atoms with van der Waals surface area (Å²) in [4.78, 5) is 4.62. The first-order valence-electron chi connectivity index (χ1n) is 8.01. The molecule has 0 saturated carbocycles. The highest BCUT2D eigenvalue weighted by molar-refractivity contribution is 5.96. The normalized spacial score (nSPS) is 11.8. The number of alkyl halides is 3. The Labute approximate surface area is 147 Å². The number of nitrogens with one attached hydrogen (secondary N) is 1. The minimum atomic E-state index is -4.48. The number of pyridine rings is 1. The van der Waals surface area contributed by atoms with E-state index in [9.17, 15) is 13.2 Å². The third-order valence-corrected chi connectivity index (χ3v) is 4.21. The number of aromatic nitrogens is 3. The van der Waals surface area contributed by atoms with Crippen LogP contribution in [0.25, 0.3) is 33.4 Å². The Hall–Kier alpha value is -3.15. The van der Waals surface area contributed by atoms with E-state index >= 15 is 0 Å². The maximum Gasteiger partial charge on any atom is 0.432 e. The molecule has 2 heterocycles. The molecule has 0 aliphatic rings. The SMILES string of the molecule is Cc1ccc(-c2cc3ccccc3c(-c3cc(C(F)(F)F)[nH]n3)n2)cc1. The quantitative estimate of drug-likeness (QED) is 0.508. The highest BCUT2D eigenvalue weighted by Gasteiger charge is 2.33. The molecular formula is C20H14F3N3. The van der Waals surface area contributed by atoms with Crippen LogP contribution < -0.4 is 0 Å². The van der Waals surface area contributed by atoms with Gasteiger partial charge in [0.2, 0.25) is 0 Å². The van der Waals surface area contributed by atoms with Crippen LogP contribution in [-0.2, 0) is 6.18 Å². The molecule has 1 N–H and O–H groups in total. The average Bonchev–Trinajstić information content (AvgIpc) is 3.12. The van der Waals surface area contributed by atoms with Gasteiger partial charge in [-0.05, 0) is 24.4 Å². The van der Waals surface area contributed by atoms with E-state index in [2.05, 4.69) is 15.2 Å². The van der Waals surface area contributed by atoms with Gasteiger partial charge in [-0.1, -0.05) is 54.1 Å². The zero-order chi connectivity index (χ0) is 18.3. The Kier molecular flexibility index (Phi) is 3.76. The fraction of sp³-hybridized carbons (Fsp3) is 0.100. The molecule has 130 valence electrons.